The molecule has 1 N–H and O–H groups in total. The fourth-order valence-electron chi connectivity index (χ4n) is 3.21. The number of aliphatic hydroxyl groups excluding tert-OH is 1. The molecule has 0 heterocycles. The molecule has 1 saturated carbocycles. The predicted molar refractivity (Wildman–Crippen MR) is 84.4 cm³/mol. The second-order valence-electron chi connectivity index (χ2n) is 7.02. The highest BCUT2D eigenvalue weighted by molar-refractivity contribution is 4.90. The lowest BCUT2D eigenvalue weighted by atomic mass is 9.80. The molecule has 1 aliphatic carbocycles. The molecule has 1 rings (SSSR count). The maximum Gasteiger partial charge on any atom is 0.0487 e. The Morgan fingerprint density at radius 3 is 1.74 bits per heavy atom. The summed E-state index contributed by atoms with van der Waals surface area (Å²) in [5, 5.41) is 9.54. The van der Waals surface area contributed by atoms with E-state index in [1.54, 1.807) is 0 Å². The zero-order valence-corrected chi connectivity index (χ0v) is 13.4. The van der Waals surface area contributed by atoms with Crippen LogP contribution in [0, 0.1) is 11.3 Å². The van der Waals surface area contributed by atoms with Crippen LogP contribution in [0.1, 0.15) is 97.3 Å². The molecule has 1 heteroatoms. The van der Waals surface area contributed by atoms with Crippen molar-refractivity contribution >= 4 is 0 Å². The fraction of sp³-hybridized carbons (Fsp3) is 1.00. The summed E-state index contributed by atoms with van der Waals surface area (Å²) in [7, 11) is 0. The summed E-state index contributed by atoms with van der Waals surface area (Å²) < 4.78 is 0. The Morgan fingerprint density at radius 2 is 1.32 bits per heavy atom. The number of hydrogen-bond acceptors (Lipinski definition) is 1. The average molecular weight is 268 g/mol. The lowest BCUT2D eigenvalue weighted by Gasteiger charge is -2.27. The highest BCUT2D eigenvalue weighted by Crippen LogP contribution is 2.48. The van der Waals surface area contributed by atoms with Crippen LogP contribution in [0.25, 0.3) is 0 Å². The van der Waals surface area contributed by atoms with Crippen molar-refractivity contribution < 1.29 is 5.11 Å². The summed E-state index contributed by atoms with van der Waals surface area (Å²) in [5.41, 5.74) is 0.250. The molecule has 1 aliphatic rings. The van der Waals surface area contributed by atoms with Gasteiger partial charge in [0, 0.05) is 6.61 Å². The minimum absolute atomic E-state index is 0.250. The molecular weight excluding hydrogens is 232 g/mol. The van der Waals surface area contributed by atoms with Crippen molar-refractivity contribution in [1.29, 1.82) is 0 Å². The van der Waals surface area contributed by atoms with Gasteiger partial charge in [0.15, 0.2) is 0 Å². The zero-order valence-electron chi connectivity index (χ0n) is 13.4. The molecule has 0 aromatic heterocycles. The number of aliphatic hydroxyl groups is 1. The van der Waals surface area contributed by atoms with Gasteiger partial charge >= 0.3 is 0 Å². The van der Waals surface area contributed by atoms with Crippen molar-refractivity contribution in [2.75, 3.05) is 6.61 Å². The molecule has 0 spiro atoms. The van der Waals surface area contributed by atoms with Gasteiger partial charge < -0.3 is 5.11 Å². The lowest BCUT2D eigenvalue weighted by Crippen LogP contribution is -2.23. The molecule has 19 heavy (non-hydrogen) atoms. The molecule has 1 atom stereocenters. The third-order valence-corrected chi connectivity index (χ3v) is 5.03. The van der Waals surface area contributed by atoms with E-state index in [4.69, 9.17) is 0 Å². The second-order valence-corrected chi connectivity index (χ2v) is 7.02. The number of hydrogen-bond donors (Lipinski definition) is 1. The van der Waals surface area contributed by atoms with Crippen LogP contribution in [0.3, 0.4) is 0 Å². The van der Waals surface area contributed by atoms with Gasteiger partial charge in [-0.1, -0.05) is 78.1 Å². The van der Waals surface area contributed by atoms with E-state index < -0.39 is 0 Å². The molecule has 0 aromatic carbocycles. The van der Waals surface area contributed by atoms with E-state index in [1.165, 1.54) is 83.5 Å². The maximum atomic E-state index is 9.54. The van der Waals surface area contributed by atoms with Crippen molar-refractivity contribution in [3.63, 3.8) is 0 Å². The van der Waals surface area contributed by atoms with Crippen molar-refractivity contribution in [3.05, 3.63) is 0 Å². The first-order valence-corrected chi connectivity index (χ1v) is 8.84. The first kappa shape index (κ1) is 17.0. The monoisotopic (exact) mass is 268 g/mol. The van der Waals surface area contributed by atoms with Crippen LogP contribution >= 0.6 is 0 Å². The van der Waals surface area contributed by atoms with Crippen LogP contribution in [0.5, 0.6) is 0 Å². The highest BCUT2D eigenvalue weighted by atomic mass is 16.3. The summed E-state index contributed by atoms with van der Waals surface area (Å²) in [5.74, 6) is 0.830. The summed E-state index contributed by atoms with van der Waals surface area (Å²) in [6, 6.07) is 0. The van der Waals surface area contributed by atoms with Crippen molar-refractivity contribution in [2.24, 2.45) is 11.3 Å². The third kappa shape index (κ3) is 7.34. The minimum Gasteiger partial charge on any atom is -0.396 e. The molecular formula is C18H36O. The van der Waals surface area contributed by atoms with Gasteiger partial charge in [-0.2, -0.15) is 0 Å². The summed E-state index contributed by atoms with van der Waals surface area (Å²) in [4.78, 5) is 0. The van der Waals surface area contributed by atoms with Gasteiger partial charge in [-0.25, -0.2) is 0 Å². The quantitative estimate of drug-likeness (QED) is 0.424. The minimum atomic E-state index is 0.250. The molecule has 1 nitrogen and oxygen atoms in total. The number of unbranched alkanes of at least 4 members (excludes halogenated alkanes) is 9. The van der Waals surface area contributed by atoms with Crippen LogP contribution in [0.15, 0.2) is 0 Å². The van der Waals surface area contributed by atoms with Gasteiger partial charge in [0.1, 0.15) is 0 Å². The third-order valence-electron chi connectivity index (χ3n) is 5.03. The van der Waals surface area contributed by atoms with E-state index in [2.05, 4.69) is 13.8 Å². The van der Waals surface area contributed by atoms with E-state index in [0.717, 1.165) is 5.92 Å². The van der Waals surface area contributed by atoms with Crippen LogP contribution in [0.2, 0.25) is 0 Å². The molecule has 114 valence electrons. The standard InChI is InChI=1S/C18H36O/c1-3-4-5-6-7-8-9-10-11-12-15-18(2,16-19)17-13-14-17/h17,19H,3-16H2,1-2H3. The maximum absolute atomic E-state index is 9.54. The van der Waals surface area contributed by atoms with Gasteiger partial charge in [-0.3, -0.25) is 0 Å². The molecule has 0 bridgehead atoms. The number of rotatable bonds is 13. The van der Waals surface area contributed by atoms with Crippen molar-refractivity contribution in [3.8, 4) is 0 Å². The first-order chi connectivity index (χ1) is 9.23. The van der Waals surface area contributed by atoms with E-state index in [0.29, 0.717) is 6.61 Å². The van der Waals surface area contributed by atoms with Crippen LogP contribution in [0.4, 0.5) is 0 Å². The Bertz CT molecular complexity index is 210. The van der Waals surface area contributed by atoms with E-state index >= 15 is 0 Å². The van der Waals surface area contributed by atoms with Gasteiger partial charge in [-0.15, -0.1) is 0 Å². The van der Waals surface area contributed by atoms with E-state index in [-0.39, 0.29) is 5.41 Å². The van der Waals surface area contributed by atoms with Gasteiger partial charge in [0.25, 0.3) is 0 Å². The molecule has 0 aromatic rings. The first-order valence-electron chi connectivity index (χ1n) is 8.84. The SMILES string of the molecule is CCCCCCCCCCCCC(C)(CO)C1CC1. The summed E-state index contributed by atoms with van der Waals surface area (Å²) in [6.07, 6.45) is 18.0. The van der Waals surface area contributed by atoms with E-state index in [1.807, 2.05) is 0 Å². The van der Waals surface area contributed by atoms with Gasteiger partial charge in [-0.05, 0) is 30.6 Å². The van der Waals surface area contributed by atoms with Crippen LogP contribution < -0.4 is 0 Å². The predicted octanol–water partition coefficient (Wildman–Crippen LogP) is 5.71. The lowest BCUT2D eigenvalue weighted by molar-refractivity contribution is 0.107. The summed E-state index contributed by atoms with van der Waals surface area (Å²) in [6.45, 7) is 4.97. The van der Waals surface area contributed by atoms with Crippen molar-refractivity contribution in [1.82, 2.24) is 0 Å². The fourth-order valence-corrected chi connectivity index (χ4v) is 3.21. The van der Waals surface area contributed by atoms with Crippen LogP contribution in [-0.4, -0.2) is 11.7 Å². The van der Waals surface area contributed by atoms with Crippen molar-refractivity contribution in [2.45, 2.75) is 97.3 Å². The normalized spacial score (nSPS) is 18.5. The molecule has 0 saturated heterocycles. The molecule has 0 aliphatic heterocycles. The molecule has 1 fully saturated rings. The Balaban J connectivity index is 1.85. The second kappa shape index (κ2) is 9.80. The molecule has 1 unspecified atom stereocenters. The molecule has 0 radical (unpaired) electrons. The Labute approximate surface area is 121 Å². The van der Waals surface area contributed by atoms with E-state index in [9.17, 15) is 5.11 Å². The largest absolute Gasteiger partial charge is 0.396 e. The average Bonchev–Trinajstić information content (AvgIpc) is 3.25. The zero-order chi connectivity index (χ0) is 14.0. The topological polar surface area (TPSA) is 20.2 Å². The van der Waals surface area contributed by atoms with Gasteiger partial charge in [0.05, 0.1) is 0 Å². The Hall–Kier alpha value is -0.0400. The smallest absolute Gasteiger partial charge is 0.0487 e. The Morgan fingerprint density at radius 1 is 0.842 bits per heavy atom. The molecule has 0 amide bonds. The van der Waals surface area contributed by atoms with Gasteiger partial charge in [0.2, 0.25) is 0 Å². The van der Waals surface area contributed by atoms with Crippen LogP contribution in [-0.2, 0) is 0 Å². The Kier molecular flexibility index (Phi) is 8.77. The highest BCUT2D eigenvalue weighted by Gasteiger charge is 2.40. The summed E-state index contributed by atoms with van der Waals surface area (Å²) >= 11 is 0.